The van der Waals surface area contributed by atoms with Gasteiger partial charge in [0.05, 0.1) is 11.5 Å². The number of rotatable bonds is 8. The zero-order valence-corrected chi connectivity index (χ0v) is 10.4. The van der Waals surface area contributed by atoms with Crippen molar-refractivity contribution in [2.45, 2.75) is 12.8 Å². The topological polar surface area (TPSA) is 109 Å². The molecule has 0 heterocycles. The van der Waals surface area contributed by atoms with E-state index in [1.54, 1.807) is 0 Å². The zero-order chi connectivity index (χ0) is 11.9. The molecule has 0 aromatic heterocycles. The molecule has 0 saturated carbocycles. The van der Waals surface area contributed by atoms with Crippen molar-refractivity contribution in [2.24, 2.45) is 0 Å². The van der Waals surface area contributed by atoms with Crippen LogP contribution in [0.15, 0.2) is 0 Å². The molecule has 96 valence electrons. The molecule has 17 heavy (non-hydrogen) atoms. The van der Waals surface area contributed by atoms with E-state index in [1.807, 2.05) is 0 Å². The van der Waals surface area contributed by atoms with Gasteiger partial charge in [-0.3, -0.25) is 9.11 Å². The van der Waals surface area contributed by atoms with E-state index in [1.165, 1.54) is 11.8 Å². The van der Waals surface area contributed by atoms with Crippen molar-refractivity contribution in [3.8, 4) is 0 Å². The molecule has 0 aliphatic rings. The average Bonchev–Trinajstić information content (AvgIpc) is 1.98. The van der Waals surface area contributed by atoms with Gasteiger partial charge in [0, 0.05) is 0 Å². The minimum absolute atomic E-state index is 0. The Bertz CT molecular complexity index is 329. The summed E-state index contributed by atoms with van der Waals surface area (Å²) in [4.78, 5) is 0. The van der Waals surface area contributed by atoms with Crippen LogP contribution in [0.2, 0.25) is 0 Å². The Morgan fingerprint density at radius 3 is 1.29 bits per heavy atom. The van der Waals surface area contributed by atoms with Crippen molar-refractivity contribution in [2.75, 3.05) is 23.0 Å². The molecule has 0 unspecified atom stereocenters. The normalized spacial score (nSPS) is 11.4. The van der Waals surface area contributed by atoms with Gasteiger partial charge in [0.15, 0.2) is 0 Å². The van der Waals surface area contributed by atoms with Gasteiger partial charge in [0.2, 0.25) is 0 Å². The van der Waals surface area contributed by atoms with E-state index < -0.39 is 20.2 Å². The molecule has 11 heteroatoms. The first-order chi connectivity index (χ1) is 6.71. The molecule has 0 atom stereocenters. The van der Waals surface area contributed by atoms with Crippen molar-refractivity contribution in [3.05, 3.63) is 0 Å². The van der Waals surface area contributed by atoms with E-state index in [0.29, 0.717) is 24.3 Å². The summed E-state index contributed by atoms with van der Waals surface area (Å²) in [5, 5.41) is 0. The van der Waals surface area contributed by atoms with Crippen LogP contribution in [-0.4, -0.2) is 108 Å². The molecule has 2 N–H and O–H groups in total. The van der Waals surface area contributed by atoms with Crippen LogP contribution in [0, 0.1) is 0 Å². The summed E-state index contributed by atoms with van der Waals surface area (Å²) in [5.41, 5.74) is 0. The molecule has 0 saturated heterocycles. The van der Waals surface area contributed by atoms with Gasteiger partial charge in [-0.2, -0.15) is 28.6 Å². The third-order valence-corrected chi connectivity index (χ3v) is 4.15. The summed E-state index contributed by atoms with van der Waals surface area (Å²) < 4.78 is 57.9. The third kappa shape index (κ3) is 23.7. The predicted molar refractivity (Wildman–Crippen MR) is 73.7 cm³/mol. The molecule has 0 fully saturated rings. The zero-order valence-electron chi connectivity index (χ0n) is 7.99. The SMILES string of the molecule is O=S(=O)(O)CCCSCCCS(=O)(=O)O.[NaH].[NaH]. The standard InChI is InChI=1S/C6H14O6S3.2Na.2H/c7-14(8,9)5-1-3-13-4-2-6-15(10,11)12;;;;/h1-6H2,(H,7,8,9)(H,10,11,12);;;;. The van der Waals surface area contributed by atoms with Crippen LogP contribution in [0.1, 0.15) is 12.8 Å². The van der Waals surface area contributed by atoms with Crippen LogP contribution in [0.4, 0.5) is 0 Å². The molecule has 0 spiro atoms. The molecule has 0 rings (SSSR count). The van der Waals surface area contributed by atoms with Gasteiger partial charge in [-0.1, -0.05) is 0 Å². The van der Waals surface area contributed by atoms with E-state index in [2.05, 4.69) is 0 Å². The van der Waals surface area contributed by atoms with Crippen LogP contribution < -0.4 is 0 Å². The fraction of sp³-hybridized carbons (Fsp3) is 1.00. The van der Waals surface area contributed by atoms with E-state index in [9.17, 15) is 16.8 Å². The number of hydrogen-bond acceptors (Lipinski definition) is 5. The first-order valence-corrected chi connectivity index (χ1v) is 8.56. The van der Waals surface area contributed by atoms with Gasteiger partial charge >= 0.3 is 59.1 Å². The van der Waals surface area contributed by atoms with Crippen molar-refractivity contribution < 1.29 is 25.9 Å². The first kappa shape index (κ1) is 24.2. The Kier molecular flexibility index (Phi) is 17.0. The molecule has 0 aliphatic heterocycles. The summed E-state index contributed by atoms with van der Waals surface area (Å²) in [6.45, 7) is 0. The van der Waals surface area contributed by atoms with Crippen LogP contribution in [0.25, 0.3) is 0 Å². The van der Waals surface area contributed by atoms with Gasteiger partial charge in [0.25, 0.3) is 20.2 Å². The van der Waals surface area contributed by atoms with E-state index >= 15 is 0 Å². The molecule has 0 radical (unpaired) electrons. The maximum absolute atomic E-state index is 10.3. The van der Waals surface area contributed by atoms with Crippen molar-refractivity contribution >= 4 is 91.1 Å². The fourth-order valence-corrected chi connectivity index (χ4v) is 3.07. The second-order valence-electron chi connectivity index (χ2n) is 2.89. The molecule has 0 aromatic rings. The van der Waals surface area contributed by atoms with Crippen molar-refractivity contribution in [1.82, 2.24) is 0 Å². The second kappa shape index (κ2) is 12.0. The molecule has 0 amide bonds. The van der Waals surface area contributed by atoms with E-state index in [4.69, 9.17) is 9.11 Å². The van der Waals surface area contributed by atoms with Crippen LogP contribution >= 0.6 is 11.8 Å². The molecular formula is C6H16Na2O6S3. The first-order valence-electron chi connectivity index (χ1n) is 4.19. The summed E-state index contributed by atoms with van der Waals surface area (Å²) >= 11 is 1.38. The Balaban J connectivity index is -0.000000980. The van der Waals surface area contributed by atoms with Crippen LogP contribution in [0.3, 0.4) is 0 Å². The number of thioether (sulfide) groups is 1. The van der Waals surface area contributed by atoms with Gasteiger partial charge in [-0.15, -0.1) is 0 Å². The summed E-state index contributed by atoms with van der Waals surface area (Å²) in [5.74, 6) is 0.507. The Hall–Kier alpha value is 2.17. The molecule has 0 bridgehead atoms. The van der Waals surface area contributed by atoms with Crippen molar-refractivity contribution in [3.63, 3.8) is 0 Å². The second-order valence-corrected chi connectivity index (χ2v) is 7.26. The van der Waals surface area contributed by atoms with Crippen LogP contribution in [-0.2, 0) is 20.2 Å². The Morgan fingerprint density at radius 2 is 1.06 bits per heavy atom. The minimum atomic E-state index is -3.89. The van der Waals surface area contributed by atoms with E-state index in [-0.39, 0.29) is 70.6 Å². The number of hydrogen-bond donors (Lipinski definition) is 2. The van der Waals surface area contributed by atoms with Crippen molar-refractivity contribution in [1.29, 1.82) is 0 Å². The Labute approximate surface area is 151 Å². The molecular weight excluding hydrogens is 310 g/mol. The molecule has 6 nitrogen and oxygen atoms in total. The van der Waals surface area contributed by atoms with E-state index in [0.717, 1.165) is 0 Å². The summed E-state index contributed by atoms with van der Waals surface area (Å²) in [7, 11) is -7.78. The molecule has 0 aromatic carbocycles. The fourth-order valence-electron chi connectivity index (χ4n) is 0.789. The average molecular weight is 326 g/mol. The van der Waals surface area contributed by atoms with Gasteiger partial charge in [-0.25, -0.2) is 0 Å². The van der Waals surface area contributed by atoms with Gasteiger partial charge < -0.3 is 0 Å². The monoisotopic (exact) mass is 326 g/mol. The molecule has 0 aliphatic carbocycles. The summed E-state index contributed by atoms with van der Waals surface area (Å²) in [6, 6.07) is 0. The van der Waals surface area contributed by atoms with Crippen LogP contribution in [0.5, 0.6) is 0 Å². The maximum atomic E-state index is 10.3. The Morgan fingerprint density at radius 1 is 0.765 bits per heavy atom. The predicted octanol–water partition coefficient (Wildman–Crippen LogP) is -1.02. The third-order valence-electron chi connectivity index (χ3n) is 1.38. The summed E-state index contributed by atoms with van der Waals surface area (Å²) in [6.07, 6.45) is 0.657. The van der Waals surface area contributed by atoms with Gasteiger partial charge in [-0.05, 0) is 24.3 Å². The quantitative estimate of drug-likeness (QED) is 0.334. The van der Waals surface area contributed by atoms with Gasteiger partial charge in [0.1, 0.15) is 0 Å².